The molecule has 0 aliphatic heterocycles. The van der Waals surface area contributed by atoms with Crippen molar-refractivity contribution in [1.29, 1.82) is 0 Å². The highest BCUT2D eigenvalue weighted by atomic mass is 19.1. The van der Waals surface area contributed by atoms with Crippen LogP contribution in [0.4, 0.5) is 13.2 Å². The Hall–Kier alpha value is -1.78. The standard InChI is InChI=1S/C11H10F3NO/c1-6(2)5-15-11(16)10-8(13)3-7(12)4-9(10)14/h3-4H,1,5H2,2H3,(H,15,16). The zero-order valence-corrected chi connectivity index (χ0v) is 8.61. The van der Waals surface area contributed by atoms with Crippen LogP contribution in [0.2, 0.25) is 0 Å². The van der Waals surface area contributed by atoms with Gasteiger partial charge in [-0.1, -0.05) is 12.2 Å². The van der Waals surface area contributed by atoms with Gasteiger partial charge in [0.1, 0.15) is 23.0 Å². The highest BCUT2D eigenvalue weighted by Gasteiger charge is 2.18. The highest BCUT2D eigenvalue weighted by Crippen LogP contribution is 2.14. The Bertz CT molecular complexity index is 420. The predicted molar refractivity (Wildman–Crippen MR) is 53.5 cm³/mol. The average molecular weight is 229 g/mol. The second-order valence-corrected chi connectivity index (χ2v) is 3.38. The lowest BCUT2D eigenvalue weighted by Gasteiger charge is -2.06. The molecule has 0 aromatic heterocycles. The van der Waals surface area contributed by atoms with Crippen molar-refractivity contribution in [1.82, 2.24) is 5.32 Å². The number of rotatable bonds is 3. The van der Waals surface area contributed by atoms with Gasteiger partial charge in [0.05, 0.1) is 0 Å². The fourth-order valence-electron chi connectivity index (χ4n) is 1.08. The lowest BCUT2D eigenvalue weighted by molar-refractivity contribution is 0.0948. The van der Waals surface area contributed by atoms with Gasteiger partial charge in [0.2, 0.25) is 0 Å². The van der Waals surface area contributed by atoms with E-state index in [0.29, 0.717) is 17.7 Å². The van der Waals surface area contributed by atoms with Crippen molar-refractivity contribution < 1.29 is 18.0 Å². The Kier molecular flexibility index (Phi) is 3.71. The molecule has 1 aromatic carbocycles. The Morgan fingerprint density at radius 3 is 2.25 bits per heavy atom. The van der Waals surface area contributed by atoms with Crippen LogP contribution < -0.4 is 5.32 Å². The van der Waals surface area contributed by atoms with Crippen molar-refractivity contribution in [2.75, 3.05) is 6.54 Å². The summed E-state index contributed by atoms with van der Waals surface area (Å²) in [6, 6.07) is 0.914. The third kappa shape index (κ3) is 2.85. The van der Waals surface area contributed by atoms with Crippen LogP contribution >= 0.6 is 0 Å². The second kappa shape index (κ2) is 4.83. The molecule has 0 radical (unpaired) electrons. The van der Waals surface area contributed by atoms with Crippen molar-refractivity contribution in [2.24, 2.45) is 0 Å². The first kappa shape index (κ1) is 12.3. The minimum absolute atomic E-state index is 0.106. The van der Waals surface area contributed by atoms with Crippen molar-refractivity contribution in [2.45, 2.75) is 6.92 Å². The summed E-state index contributed by atoms with van der Waals surface area (Å²) >= 11 is 0. The maximum atomic E-state index is 13.1. The summed E-state index contributed by atoms with van der Waals surface area (Å²) in [7, 11) is 0. The summed E-state index contributed by atoms with van der Waals surface area (Å²) in [4.78, 5) is 11.3. The Morgan fingerprint density at radius 2 is 1.81 bits per heavy atom. The summed E-state index contributed by atoms with van der Waals surface area (Å²) < 4.78 is 38.8. The molecule has 0 saturated heterocycles. The Balaban J connectivity index is 2.95. The molecule has 1 amide bonds. The summed E-state index contributed by atoms with van der Waals surface area (Å²) in [5.41, 5.74) is -0.154. The van der Waals surface area contributed by atoms with Gasteiger partial charge in [0.15, 0.2) is 0 Å². The first-order chi connectivity index (χ1) is 7.41. The Labute approximate surface area is 90.8 Å². The highest BCUT2D eigenvalue weighted by molar-refractivity contribution is 5.94. The summed E-state index contributed by atoms with van der Waals surface area (Å²) in [6.45, 7) is 5.27. The number of benzene rings is 1. The van der Waals surface area contributed by atoms with Gasteiger partial charge in [-0.3, -0.25) is 4.79 Å². The largest absolute Gasteiger partial charge is 0.348 e. The van der Waals surface area contributed by atoms with E-state index >= 15 is 0 Å². The van der Waals surface area contributed by atoms with E-state index in [2.05, 4.69) is 11.9 Å². The molecule has 0 heterocycles. The lowest BCUT2D eigenvalue weighted by Crippen LogP contribution is -2.27. The van der Waals surface area contributed by atoms with Crippen LogP contribution in [0.3, 0.4) is 0 Å². The van der Waals surface area contributed by atoms with Crippen LogP contribution in [0.5, 0.6) is 0 Å². The molecular weight excluding hydrogens is 219 g/mol. The molecule has 2 nitrogen and oxygen atoms in total. The van der Waals surface area contributed by atoms with Gasteiger partial charge >= 0.3 is 0 Å². The average Bonchev–Trinajstić information content (AvgIpc) is 2.12. The molecule has 0 fully saturated rings. The van der Waals surface area contributed by atoms with Gasteiger partial charge in [0, 0.05) is 18.7 Å². The van der Waals surface area contributed by atoms with Crippen LogP contribution in [0.1, 0.15) is 17.3 Å². The van der Waals surface area contributed by atoms with E-state index in [1.54, 1.807) is 6.92 Å². The third-order valence-electron chi connectivity index (χ3n) is 1.78. The number of nitrogens with one attached hydrogen (secondary N) is 1. The van der Waals surface area contributed by atoms with Crippen LogP contribution in [-0.4, -0.2) is 12.5 Å². The van der Waals surface area contributed by atoms with Gasteiger partial charge in [-0.15, -0.1) is 0 Å². The molecule has 0 spiro atoms. The molecule has 0 unspecified atom stereocenters. The van der Waals surface area contributed by atoms with Gasteiger partial charge in [-0.25, -0.2) is 13.2 Å². The first-order valence-corrected chi connectivity index (χ1v) is 4.49. The molecule has 86 valence electrons. The Morgan fingerprint density at radius 1 is 1.31 bits per heavy atom. The summed E-state index contributed by atoms with van der Waals surface area (Å²) in [5.74, 6) is -4.45. The van der Waals surface area contributed by atoms with Crippen molar-refractivity contribution >= 4 is 5.91 Å². The molecule has 0 atom stereocenters. The molecule has 5 heteroatoms. The smallest absolute Gasteiger partial charge is 0.257 e. The summed E-state index contributed by atoms with van der Waals surface area (Å²) in [5, 5.41) is 2.26. The molecule has 1 rings (SSSR count). The van der Waals surface area contributed by atoms with Gasteiger partial charge in [0.25, 0.3) is 5.91 Å². The number of hydrogen-bond donors (Lipinski definition) is 1. The number of carbonyl (C=O) groups excluding carboxylic acids is 1. The van der Waals surface area contributed by atoms with Crippen LogP contribution in [0.15, 0.2) is 24.3 Å². The predicted octanol–water partition coefficient (Wildman–Crippen LogP) is 2.41. The van der Waals surface area contributed by atoms with Crippen molar-refractivity contribution in [3.63, 3.8) is 0 Å². The third-order valence-corrected chi connectivity index (χ3v) is 1.78. The van der Waals surface area contributed by atoms with E-state index in [4.69, 9.17) is 0 Å². The molecule has 0 saturated carbocycles. The minimum Gasteiger partial charge on any atom is -0.348 e. The van der Waals surface area contributed by atoms with E-state index in [9.17, 15) is 18.0 Å². The zero-order chi connectivity index (χ0) is 12.3. The number of carbonyl (C=O) groups is 1. The normalized spacial score (nSPS) is 10.0. The topological polar surface area (TPSA) is 29.1 Å². The SMILES string of the molecule is C=C(C)CNC(=O)c1c(F)cc(F)cc1F. The van der Waals surface area contributed by atoms with E-state index in [1.165, 1.54) is 0 Å². The van der Waals surface area contributed by atoms with Crippen molar-refractivity contribution in [3.05, 3.63) is 47.3 Å². The van der Waals surface area contributed by atoms with E-state index in [0.717, 1.165) is 0 Å². The molecule has 1 N–H and O–H groups in total. The molecule has 0 aliphatic rings. The van der Waals surface area contributed by atoms with Gasteiger partial charge < -0.3 is 5.32 Å². The van der Waals surface area contributed by atoms with E-state index in [-0.39, 0.29) is 6.54 Å². The zero-order valence-electron chi connectivity index (χ0n) is 8.61. The monoisotopic (exact) mass is 229 g/mol. The second-order valence-electron chi connectivity index (χ2n) is 3.38. The van der Waals surface area contributed by atoms with Gasteiger partial charge in [-0.2, -0.15) is 0 Å². The maximum Gasteiger partial charge on any atom is 0.257 e. The number of hydrogen-bond acceptors (Lipinski definition) is 1. The molecule has 0 aliphatic carbocycles. The molecule has 1 aromatic rings. The minimum atomic E-state index is -1.23. The lowest BCUT2D eigenvalue weighted by atomic mass is 10.1. The number of amides is 1. The first-order valence-electron chi connectivity index (χ1n) is 4.49. The number of halogens is 3. The molecule has 16 heavy (non-hydrogen) atoms. The molecule has 0 bridgehead atoms. The fourth-order valence-corrected chi connectivity index (χ4v) is 1.08. The molecular formula is C11H10F3NO. The van der Waals surface area contributed by atoms with Crippen molar-refractivity contribution in [3.8, 4) is 0 Å². The quantitative estimate of drug-likeness (QED) is 0.792. The fraction of sp³-hybridized carbons (Fsp3) is 0.182. The van der Waals surface area contributed by atoms with Crippen LogP contribution in [0.25, 0.3) is 0 Å². The van der Waals surface area contributed by atoms with Gasteiger partial charge in [-0.05, 0) is 6.92 Å². The van der Waals surface area contributed by atoms with E-state index < -0.39 is 28.9 Å². The van der Waals surface area contributed by atoms with E-state index in [1.807, 2.05) is 0 Å². The van der Waals surface area contributed by atoms with Crippen LogP contribution in [-0.2, 0) is 0 Å². The van der Waals surface area contributed by atoms with Crippen LogP contribution in [0, 0.1) is 17.5 Å². The maximum absolute atomic E-state index is 13.1. The summed E-state index contributed by atoms with van der Waals surface area (Å²) in [6.07, 6.45) is 0.